The third-order valence-corrected chi connectivity index (χ3v) is 4.46. The van der Waals surface area contributed by atoms with Gasteiger partial charge in [0.1, 0.15) is 0 Å². The molecule has 2 aliphatic rings. The fraction of sp³-hybridized carbons (Fsp3) is 0.500. The van der Waals surface area contributed by atoms with Gasteiger partial charge in [0, 0.05) is 17.7 Å². The van der Waals surface area contributed by atoms with Crippen molar-refractivity contribution in [2.45, 2.75) is 31.7 Å². The first-order chi connectivity index (χ1) is 9.54. The van der Waals surface area contributed by atoms with Crippen LogP contribution in [0.25, 0.3) is 0 Å². The molecule has 5 nitrogen and oxygen atoms in total. The molecule has 106 valence electrons. The van der Waals surface area contributed by atoms with Crippen molar-refractivity contribution in [1.29, 1.82) is 0 Å². The van der Waals surface area contributed by atoms with Crippen LogP contribution in [0.1, 0.15) is 36.0 Å². The van der Waals surface area contributed by atoms with Gasteiger partial charge in [-0.3, -0.25) is 14.9 Å². The topological polar surface area (TPSA) is 72.2 Å². The van der Waals surface area contributed by atoms with Crippen molar-refractivity contribution in [3.05, 3.63) is 39.7 Å². The molecule has 1 aromatic carbocycles. The van der Waals surface area contributed by atoms with Crippen LogP contribution >= 0.6 is 0 Å². The molecule has 2 bridgehead atoms. The van der Waals surface area contributed by atoms with Crippen LogP contribution < -0.4 is 5.32 Å². The fourth-order valence-corrected chi connectivity index (χ4v) is 3.47. The second-order valence-corrected chi connectivity index (χ2v) is 5.68. The molecule has 1 amide bonds. The zero-order valence-electron chi connectivity index (χ0n) is 10.8. The molecule has 0 heterocycles. The van der Waals surface area contributed by atoms with Gasteiger partial charge in [-0.15, -0.1) is 0 Å². The molecule has 6 heteroatoms. The lowest BCUT2D eigenvalue weighted by Crippen LogP contribution is -2.38. The number of carbonyl (C=O) groups is 1. The molecular weight excluding hydrogens is 263 g/mol. The number of nitrogens with one attached hydrogen (secondary N) is 1. The smallest absolute Gasteiger partial charge is 0.305 e. The first-order valence-corrected chi connectivity index (χ1v) is 6.79. The third kappa shape index (κ3) is 2.26. The molecule has 0 aromatic heterocycles. The first-order valence-electron chi connectivity index (χ1n) is 6.79. The molecule has 2 saturated carbocycles. The summed E-state index contributed by atoms with van der Waals surface area (Å²) in [5.74, 6) is -0.0515. The molecule has 2 fully saturated rings. The second kappa shape index (κ2) is 4.85. The highest BCUT2D eigenvalue weighted by Gasteiger charge is 2.40. The van der Waals surface area contributed by atoms with E-state index in [1.54, 1.807) is 0 Å². The van der Waals surface area contributed by atoms with Crippen LogP contribution in [0, 0.1) is 27.8 Å². The minimum atomic E-state index is -0.925. The van der Waals surface area contributed by atoms with Gasteiger partial charge in [-0.25, -0.2) is 0 Å². The van der Waals surface area contributed by atoms with Crippen molar-refractivity contribution >= 4 is 11.6 Å². The van der Waals surface area contributed by atoms with E-state index in [1.807, 2.05) is 0 Å². The monoisotopic (exact) mass is 278 g/mol. The van der Waals surface area contributed by atoms with Crippen LogP contribution in [-0.2, 0) is 0 Å². The van der Waals surface area contributed by atoms with Gasteiger partial charge >= 0.3 is 5.69 Å². The summed E-state index contributed by atoms with van der Waals surface area (Å²) >= 11 is 0. The summed E-state index contributed by atoms with van der Waals surface area (Å²) in [6.45, 7) is 0. The van der Waals surface area contributed by atoms with E-state index in [0.717, 1.165) is 31.4 Å². The van der Waals surface area contributed by atoms with Crippen LogP contribution in [0.15, 0.2) is 18.2 Å². The normalized spacial score (nSPS) is 27.6. The Morgan fingerprint density at radius 1 is 1.35 bits per heavy atom. The Hall–Kier alpha value is -1.98. The average Bonchev–Trinajstić information content (AvgIpc) is 3.01. The Labute approximate surface area is 115 Å². The summed E-state index contributed by atoms with van der Waals surface area (Å²) in [5.41, 5.74) is -0.522. The van der Waals surface area contributed by atoms with E-state index in [9.17, 15) is 19.3 Å². The maximum Gasteiger partial charge on any atom is 0.305 e. The molecule has 20 heavy (non-hydrogen) atoms. The van der Waals surface area contributed by atoms with Gasteiger partial charge < -0.3 is 5.32 Å². The molecule has 3 unspecified atom stereocenters. The zero-order valence-corrected chi connectivity index (χ0v) is 10.8. The summed E-state index contributed by atoms with van der Waals surface area (Å²) in [7, 11) is 0. The summed E-state index contributed by atoms with van der Waals surface area (Å²) in [6, 6.07) is 3.40. The number of rotatable bonds is 3. The number of nitro benzene ring substituents is 1. The summed E-state index contributed by atoms with van der Waals surface area (Å²) in [4.78, 5) is 22.0. The van der Waals surface area contributed by atoms with Gasteiger partial charge in [0.2, 0.25) is 5.82 Å². The van der Waals surface area contributed by atoms with E-state index >= 15 is 0 Å². The Bertz CT molecular complexity index is 576. The molecule has 0 spiro atoms. The third-order valence-electron chi connectivity index (χ3n) is 4.46. The molecule has 1 aromatic rings. The van der Waals surface area contributed by atoms with Gasteiger partial charge in [-0.05, 0) is 43.2 Å². The number of nitro groups is 1. The number of fused-ring (bicyclic) bond motifs is 2. The van der Waals surface area contributed by atoms with E-state index in [-0.39, 0.29) is 17.5 Å². The summed E-state index contributed by atoms with van der Waals surface area (Å²) < 4.78 is 13.2. The molecule has 0 saturated heterocycles. The number of benzene rings is 1. The van der Waals surface area contributed by atoms with E-state index in [2.05, 4.69) is 5.32 Å². The van der Waals surface area contributed by atoms with Crippen LogP contribution in [0.4, 0.5) is 10.1 Å². The Morgan fingerprint density at radius 3 is 2.75 bits per heavy atom. The highest BCUT2D eigenvalue weighted by Crippen LogP contribution is 2.44. The standard InChI is InChI=1S/C14H15FN2O3/c15-11-4-3-10(7-13(11)17(19)20)14(18)16-12-6-8-1-2-9(12)5-8/h3-4,7-9,12H,1-2,5-6H2,(H,16,18). The quantitative estimate of drug-likeness (QED) is 0.682. The molecule has 0 radical (unpaired) electrons. The van der Waals surface area contributed by atoms with Crippen LogP contribution in [0.2, 0.25) is 0 Å². The number of amides is 1. The SMILES string of the molecule is O=C(NC1CC2CCC1C2)c1ccc(F)c([N+](=O)[O-])c1. The molecule has 3 atom stereocenters. The highest BCUT2D eigenvalue weighted by molar-refractivity contribution is 5.95. The number of nitrogens with zero attached hydrogens (tertiary/aromatic N) is 1. The van der Waals surface area contributed by atoms with Crippen molar-refractivity contribution < 1.29 is 14.1 Å². The fourth-order valence-electron chi connectivity index (χ4n) is 3.47. The summed E-state index contributed by atoms with van der Waals surface area (Å²) in [6.07, 6.45) is 4.52. The zero-order chi connectivity index (χ0) is 14.3. The van der Waals surface area contributed by atoms with E-state index in [1.165, 1.54) is 12.5 Å². The predicted molar refractivity (Wildman–Crippen MR) is 69.8 cm³/mol. The lowest BCUT2D eigenvalue weighted by Gasteiger charge is -2.22. The van der Waals surface area contributed by atoms with E-state index < -0.39 is 16.4 Å². The number of hydrogen-bond donors (Lipinski definition) is 1. The largest absolute Gasteiger partial charge is 0.349 e. The van der Waals surface area contributed by atoms with Gasteiger partial charge in [0.25, 0.3) is 5.91 Å². The maximum atomic E-state index is 13.2. The second-order valence-electron chi connectivity index (χ2n) is 5.68. The molecule has 3 rings (SSSR count). The lowest BCUT2D eigenvalue weighted by atomic mass is 9.95. The summed E-state index contributed by atoms with van der Waals surface area (Å²) in [5, 5.41) is 13.6. The molecule has 1 N–H and O–H groups in total. The lowest BCUT2D eigenvalue weighted by molar-refractivity contribution is -0.387. The van der Waals surface area contributed by atoms with Gasteiger partial charge in [0.05, 0.1) is 4.92 Å². The number of halogens is 1. The average molecular weight is 278 g/mol. The Kier molecular flexibility index (Phi) is 3.16. The Balaban J connectivity index is 1.74. The predicted octanol–water partition coefficient (Wildman–Crippen LogP) is 2.65. The van der Waals surface area contributed by atoms with Crippen LogP contribution in [0.5, 0.6) is 0 Å². The first kappa shape index (κ1) is 13.0. The highest BCUT2D eigenvalue weighted by atomic mass is 19.1. The van der Waals surface area contributed by atoms with E-state index in [0.29, 0.717) is 11.8 Å². The van der Waals surface area contributed by atoms with Crippen molar-refractivity contribution in [2.75, 3.05) is 0 Å². The number of carbonyl (C=O) groups excluding carboxylic acids is 1. The van der Waals surface area contributed by atoms with Crippen molar-refractivity contribution in [3.63, 3.8) is 0 Å². The van der Waals surface area contributed by atoms with Crippen molar-refractivity contribution in [3.8, 4) is 0 Å². The maximum absolute atomic E-state index is 13.2. The minimum Gasteiger partial charge on any atom is -0.349 e. The van der Waals surface area contributed by atoms with Gasteiger partial charge in [-0.2, -0.15) is 4.39 Å². The van der Waals surface area contributed by atoms with Gasteiger partial charge in [0.15, 0.2) is 0 Å². The van der Waals surface area contributed by atoms with Crippen molar-refractivity contribution in [1.82, 2.24) is 5.32 Å². The van der Waals surface area contributed by atoms with Crippen molar-refractivity contribution in [2.24, 2.45) is 11.8 Å². The Morgan fingerprint density at radius 2 is 2.15 bits per heavy atom. The van der Waals surface area contributed by atoms with Crippen LogP contribution in [-0.4, -0.2) is 16.9 Å². The number of hydrogen-bond acceptors (Lipinski definition) is 3. The molecular formula is C14H15FN2O3. The van der Waals surface area contributed by atoms with Crippen LogP contribution in [0.3, 0.4) is 0 Å². The molecule has 0 aliphatic heterocycles. The van der Waals surface area contributed by atoms with Gasteiger partial charge in [-0.1, -0.05) is 6.42 Å². The van der Waals surface area contributed by atoms with E-state index in [4.69, 9.17) is 0 Å². The minimum absolute atomic E-state index is 0.140. The molecule has 2 aliphatic carbocycles.